The molecule has 3 atom stereocenters. The maximum atomic E-state index is 13.1. The zero-order valence-electron chi connectivity index (χ0n) is 21.2. The maximum Gasteiger partial charge on any atom is 0.452 e. The first-order valence-corrected chi connectivity index (χ1v) is 12.0. The second kappa shape index (κ2) is 13.3. The van der Waals surface area contributed by atoms with E-state index in [-0.39, 0.29) is 12.0 Å². The van der Waals surface area contributed by atoms with Crippen LogP contribution in [-0.4, -0.2) is 48.9 Å². The van der Waals surface area contributed by atoms with E-state index in [1.165, 1.54) is 52.1 Å². The number of rotatable bonds is 11. The molecule has 0 unspecified atom stereocenters. The molecule has 2 aromatic carbocycles. The van der Waals surface area contributed by atoms with Gasteiger partial charge >= 0.3 is 6.18 Å². The number of nitrogens with one attached hydrogen (secondary N) is 3. The molecular weight excluding hydrogens is 527 g/mol. The van der Waals surface area contributed by atoms with Crippen LogP contribution in [0.2, 0.25) is 5.02 Å². The van der Waals surface area contributed by atoms with Gasteiger partial charge in [-0.1, -0.05) is 49.7 Å². The third kappa shape index (κ3) is 8.76. The van der Waals surface area contributed by atoms with Gasteiger partial charge in [0.2, 0.25) is 17.7 Å². The van der Waals surface area contributed by atoms with E-state index < -0.39 is 53.7 Å². The highest BCUT2D eigenvalue weighted by molar-refractivity contribution is 6.30. The zero-order chi connectivity index (χ0) is 28.6. The van der Waals surface area contributed by atoms with Crippen LogP contribution < -0.4 is 20.7 Å². The fourth-order valence-electron chi connectivity index (χ4n) is 3.50. The predicted molar refractivity (Wildman–Crippen MR) is 134 cm³/mol. The van der Waals surface area contributed by atoms with Crippen LogP contribution in [0.4, 0.5) is 13.2 Å². The quantitative estimate of drug-likeness (QED) is 0.393. The Balaban J connectivity index is 2.22. The Morgan fingerprint density at radius 2 is 1.55 bits per heavy atom. The summed E-state index contributed by atoms with van der Waals surface area (Å²) in [6, 6.07) is 8.06. The standard InChI is InChI=1S/C26H29ClF3N3O5/c1-14(2)21(23(35)26(28,29)30)32-25(37)22(17-8-10-19(38-4)11-9-17)33-24(36)15(3)31-20(34)13-16-6-5-7-18(27)12-16/h5-12,14-15,21-22H,13H2,1-4H3,(H,31,34)(H,32,37)(H,33,36)/t15-,21+,22+/m1/s1. The largest absolute Gasteiger partial charge is 0.497 e. The molecule has 0 heterocycles. The molecule has 0 saturated carbocycles. The molecule has 0 aromatic heterocycles. The van der Waals surface area contributed by atoms with Gasteiger partial charge in [-0.05, 0) is 48.2 Å². The molecule has 3 amide bonds. The maximum absolute atomic E-state index is 13.1. The molecule has 0 bridgehead atoms. The number of amides is 3. The Morgan fingerprint density at radius 1 is 0.921 bits per heavy atom. The fourth-order valence-corrected chi connectivity index (χ4v) is 3.72. The first-order valence-electron chi connectivity index (χ1n) is 11.6. The second-order valence-corrected chi connectivity index (χ2v) is 9.34. The van der Waals surface area contributed by atoms with Crippen molar-refractivity contribution in [2.75, 3.05) is 7.11 Å². The lowest BCUT2D eigenvalue weighted by atomic mass is 9.97. The van der Waals surface area contributed by atoms with Gasteiger partial charge in [-0.15, -0.1) is 0 Å². The molecule has 0 radical (unpaired) electrons. The number of benzene rings is 2. The first kappa shape index (κ1) is 30.6. The van der Waals surface area contributed by atoms with Gasteiger partial charge in [0.05, 0.1) is 19.6 Å². The van der Waals surface area contributed by atoms with Crippen molar-refractivity contribution in [3.8, 4) is 5.75 Å². The average Bonchev–Trinajstić information content (AvgIpc) is 2.84. The van der Waals surface area contributed by atoms with E-state index in [9.17, 15) is 32.3 Å². The summed E-state index contributed by atoms with van der Waals surface area (Å²) in [5, 5.41) is 7.52. The van der Waals surface area contributed by atoms with Crippen molar-refractivity contribution >= 4 is 35.1 Å². The number of hydrogen-bond acceptors (Lipinski definition) is 5. The minimum absolute atomic E-state index is 0.0593. The van der Waals surface area contributed by atoms with Crippen LogP contribution in [0.25, 0.3) is 0 Å². The van der Waals surface area contributed by atoms with E-state index in [0.29, 0.717) is 16.3 Å². The lowest BCUT2D eigenvalue weighted by Crippen LogP contribution is -2.54. The van der Waals surface area contributed by atoms with Gasteiger partial charge in [-0.2, -0.15) is 13.2 Å². The topological polar surface area (TPSA) is 114 Å². The van der Waals surface area contributed by atoms with Gasteiger partial charge in [0.1, 0.15) is 17.8 Å². The van der Waals surface area contributed by atoms with Crippen molar-refractivity contribution in [1.82, 2.24) is 16.0 Å². The number of Topliss-reactive ketones (excluding diaryl/α,β-unsaturated/α-hetero) is 1. The summed E-state index contributed by atoms with van der Waals surface area (Å²) in [6.07, 6.45) is -5.22. The Hall–Kier alpha value is -3.60. The molecule has 3 N–H and O–H groups in total. The van der Waals surface area contributed by atoms with Crippen LogP contribution in [0.15, 0.2) is 48.5 Å². The second-order valence-electron chi connectivity index (χ2n) is 8.90. The summed E-state index contributed by atoms with van der Waals surface area (Å²) >= 11 is 5.92. The van der Waals surface area contributed by atoms with Crippen LogP contribution in [0.5, 0.6) is 5.75 Å². The van der Waals surface area contributed by atoms with E-state index in [0.717, 1.165) is 0 Å². The highest BCUT2D eigenvalue weighted by Crippen LogP contribution is 2.23. The van der Waals surface area contributed by atoms with Gasteiger partial charge in [-0.25, -0.2) is 0 Å². The normalized spacial score (nSPS) is 13.7. The summed E-state index contributed by atoms with van der Waals surface area (Å²) in [6.45, 7) is 4.10. The highest BCUT2D eigenvalue weighted by Gasteiger charge is 2.45. The fraction of sp³-hybridized carbons (Fsp3) is 0.385. The smallest absolute Gasteiger partial charge is 0.452 e. The molecule has 38 heavy (non-hydrogen) atoms. The van der Waals surface area contributed by atoms with Crippen molar-refractivity contribution in [3.05, 3.63) is 64.7 Å². The van der Waals surface area contributed by atoms with E-state index >= 15 is 0 Å². The van der Waals surface area contributed by atoms with Crippen molar-refractivity contribution in [2.45, 2.75) is 51.5 Å². The summed E-state index contributed by atoms with van der Waals surface area (Å²) in [7, 11) is 1.42. The minimum atomic E-state index is -5.16. The Kier molecular flexibility index (Phi) is 10.7. The third-order valence-electron chi connectivity index (χ3n) is 5.55. The third-order valence-corrected chi connectivity index (χ3v) is 5.78. The number of alkyl halides is 3. The number of methoxy groups -OCH3 is 1. The van der Waals surface area contributed by atoms with Crippen LogP contribution in [0.3, 0.4) is 0 Å². The molecule has 206 valence electrons. The number of carbonyl (C=O) groups excluding carboxylic acids is 4. The number of carbonyl (C=O) groups is 4. The van der Waals surface area contributed by atoms with Gasteiger partial charge in [0.15, 0.2) is 0 Å². The van der Waals surface area contributed by atoms with Crippen LogP contribution >= 0.6 is 11.6 Å². The van der Waals surface area contributed by atoms with Gasteiger partial charge in [0, 0.05) is 5.02 Å². The zero-order valence-corrected chi connectivity index (χ0v) is 21.9. The summed E-state index contributed by atoms with van der Waals surface area (Å²) in [5.41, 5.74) is 0.836. The predicted octanol–water partition coefficient (Wildman–Crippen LogP) is 3.53. The first-order chi connectivity index (χ1) is 17.7. The Bertz CT molecular complexity index is 1160. The van der Waals surface area contributed by atoms with Gasteiger partial charge in [-0.3, -0.25) is 19.2 Å². The lowest BCUT2D eigenvalue weighted by Gasteiger charge is -2.26. The van der Waals surface area contributed by atoms with Crippen molar-refractivity contribution < 1.29 is 37.1 Å². The molecule has 0 aliphatic rings. The van der Waals surface area contributed by atoms with Crippen molar-refractivity contribution in [2.24, 2.45) is 5.92 Å². The molecule has 2 rings (SSSR count). The van der Waals surface area contributed by atoms with Crippen LogP contribution in [0, 0.1) is 5.92 Å². The highest BCUT2D eigenvalue weighted by atomic mass is 35.5. The van der Waals surface area contributed by atoms with Crippen LogP contribution in [0.1, 0.15) is 37.9 Å². The van der Waals surface area contributed by atoms with Gasteiger partial charge < -0.3 is 20.7 Å². The van der Waals surface area contributed by atoms with E-state index in [2.05, 4.69) is 16.0 Å². The lowest BCUT2D eigenvalue weighted by molar-refractivity contribution is -0.175. The number of ketones is 1. The van der Waals surface area contributed by atoms with E-state index in [4.69, 9.17) is 16.3 Å². The monoisotopic (exact) mass is 555 g/mol. The number of hydrogen-bond donors (Lipinski definition) is 3. The minimum Gasteiger partial charge on any atom is -0.497 e. The molecule has 0 aliphatic carbocycles. The Morgan fingerprint density at radius 3 is 2.08 bits per heavy atom. The summed E-state index contributed by atoms with van der Waals surface area (Å²) < 4.78 is 44.4. The summed E-state index contributed by atoms with van der Waals surface area (Å²) in [5.74, 6) is -4.85. The average molecular weight is 556 g/mol. The summed E-state index contributed by atoms with van der Waals surface area (Å²) in [4.78, 5) is 50.4. The molecule has 8 nitrogen and oxygen atoms in total. The molecule has 12 heteroatoms. The van der Waals surface area contributed by atoms with Gasteiger partial charge in [0.25, 0.3) is 5.78 Å². The van der Waals surface area contributed by atoms with E-state index in [1.54, 1.807) is 24.3 Å². The van der Waals surface area contributed by atoms with Crippen molar-refractivity contribution in [1.29, 1.82) is 0 Å². The SMILES string of the molecule is COc1ccc([C@H](NC(=O)[C@@H](C)NC(=O)Cc2cccc(Cl)c2)C(=O)N[C@H](C(=O)C(F)(F)F)C(C)C)cc1. The molecule has 0 saturated heterocycles. The molecule has 0 aliphatic heterocycles. The number of halogens is 4. The molecule has 0 spiro atoms. The number of ether oxygens (including phenoxy) is 1. The van der Waals surface area contributed by atoms with E-state index in [1.807, 2.05) is 0 Å². The van der Waals surface area contributed by atoms with Crippen LogP contribution in [-0.2, 0) is 25.6 Å². The molecular formula is C26H29ClF3N3O5. The Labute approximate surface area is 223 Å². The molecule has 0 fully saturated rings. The van der Waals surface area contributed by atoms with Crippen molar-refractivity contribution in [3.63, 3.8) is 0 Å². The molecule has 2 aromatic rings.